The maximum absolute atomic E-state index is 12.3. The Balaban J connectivity index is 2.07. The second-order valence-electron chi connectivity index (χ2n) is 6.45. The summed E-state index contributed by atoms with van der Waals surface area (Å²) >= 11 is 1.19. The molecule has 0 aliphatic rings. The monoisotopic (exact) mass is 505 g/mol. The zero-order valence-electron chi connectivity index (χ0n) is 13.4. The molecule has 0 heterocycles. The molecule has 0 aliphatic heterocycles. The predicted octanol–water partition coefficient (Wildman–Crippen LogP) is 4.28. The van der Waals surface area contributed by atoms with Crippen molar-refractivity contribution >= 4 is 11.6 Å². The summed E-state index contributed by atoms with van der Waals surface area (Å²) in [7, 11) is 0. The van der Waals surface area contributed by atoms with Gasteiger partial charge in [0.2, 0.25) is 0 Å². The van der Waals surface area contributed by atoms with E-state index >= 15 is 0 Å². The number of rotatable bonds is 5. The van der Waals surface area contributed by atoms with Crippen molar-refractivity contribution in [2.75, 3.05) is 0 Å². The molecule has 0 saturated heterocycles. The number of hydrogen-bond acceptors (Lipinski definition) is 3. The van der Waals surface area contributed by atoms with Crippen LogP contribution in [0.2, 0.25) is 0 Å². The molecule has 0 aromatic heterocycles. The van der Waals surface area contributed by atoms with Gasteiger partial charge in [0, 0.05) is 0 Å². The van der Waals surface area contributed by atoms with Crippen LogP contribution in [0.5, 0.6) is 5.75 Å². The number of carbonyl (C=O) groups is 2. The minimum atomic E-state index is -0.178. The van der Waals surface area contributed by atoms with Gasteiger partial charge in [-0.15, -0.1) is 0 Å². The molecule has 4 heteroatoms. The van der Waals surface area contributed by atoms with Gasteiger partial charge in [-0.3, -0.25) is 0 Å². The van der Waals surface area contributed by atoms with Gasteiger partial charge in [0.05, 0.1) is 0 Å². The van der Waals surface area contributed by atoms with Gasteiger partial charge in [-0.05, 0) is 5.41 Å². The van der Waals surface area contributed by atoms with Gasteiger partial charge in [0.1, 0.15) is 0 Å². The third kappa shape index (κ3) is 4.72. The van der Waals surface area contributed by atoms with Crippen LogP contribution in [-0.2, 0) is 5.41 Å². The summed E-state index contributed by atoms with van der Waals surface area (Å²) in [5.74, 6) is 0.374. The Hall–Kier alpha value is -1.54. The van der Waals surface area contributed by atoms with Crippen LogP contribution in [0.3, 0.4) is 0 Å². The van der Waals surface area contributed by atoms with E-state index in [1.54, 1.807) is 36.4 Å². The number of carbonyl (C=O) groups excluding carboxylic acids is 2. The molecular formula is C19H19AtO3. The molecule has 2 aromatic rings. The zero-order valence-corrected chi connectivity index (χ0v) is 16.4. The van der Waals surface area contributed by atoms with Crippen LogP contribution in [0.15, 0.2) is 48.5 Å². The molecule has 120 valence electrons. The Morgan fingerprint density at radius 3 is 1.70 bits per heavy atom. The van der Waals surface area contributed by atoms with E-state index in [2.05, 4.69) is 20.8 Å². The number of Topliss-reactive ketones (excluding diaryl/α,β-unsaturated/α-hetero) is 2. The zero-order chi connectivity index (χ0) is 17.0. The van der Waals surface area contributed by atoms with Crippen molar-refractivity contribution in [2.45, 2.75) is 32.6 Å². The van der Waals surface area contributed by atoms with E-state index in [0.29, 0.717) is 16.9 Å². The molecule has 0 saturated carbocycles. The third-order valence-electron chi connectivity index (χ3n) is 3.66. The van der Waals surface area contributed by atoms with E-state index in [9.17, 15) is 9.59 Å². The molecule has 0 bridgehead atoms. The standard InChI is InChI=1S/C19H19AtO3/c1-19(2,3)15-8-4-13(5-9-15)17(21)12-18(22)14-6-10-16(23-20)11-7-14/h4-11H,12H2,1-3H3. The number of benzene rings is 2. The van der Waals surface area contributed by atoms with Gasteiger partial charge in [0.15, 0.2) is 0 Å². The first kappa shape index (κ1) is 17.8. The Morgan fingerprint density at radius 2 is 1.30 bits per heavy atom. The molecule has 3 nitrogen and oxygen atoms in total. The van der Waals surface area contributed by atoms with Crippen LogP contribution in [0.4, 0.5) is 0 Å². The van der Waals surface area contributed by atoms with Gasteiger partial charge < -0.3 is 0 Å². The van der Waals surface area contributed by atoms with E-state index in [0.717, 1.165) is 5.56 Å². The molecule has 0 spiro atoms. The fraction of sp³-hybridized carbons (Fsp3) is 0.263. The van der Waals surface area contributed by atoms with Crippen molar-refractivity contribution < 1.29 is 37.6 Å². The topological polar surface area (TPSA) is 43.4 Å². The van der Waals surface area contributed by atoms with Crippen molar-refractivity contribution in [3.63, 3.8) is 0 Å². The van der Waals surface area contributed by atoms with Crippen molar-refractivity contribution in [3.05, 3.63) is 65.2 Å². The molecule has 2 rings (SSSR count). The molecular weight excluding hydrogens is 486 g/mol. The fourth-order valence-electron chi connectivity index (χ4n) is 2.20. The number of hydrogen-bond donors (Lipinski definition) is 0. The van der Waals surface area contributed by atoms with E-state index in [1.165, 1.54) is 25.2 Å². The molecule has 0 unspecified atom stereocenters. The summed E-state index contributed by atoms with van der Waals surface area (Å²) in [5, 5.41) is 0. The Bertz CT molecular complexity index is 695. The van der Waals surface area contributed by atoms with Gasteiger partial charge in [-0.25, -0.2) is 0 Å². The van der Waals surface area contributed by atoms with Crippen molar-refractivity contribution in [1.29, 1.82) is 0 Å². The molecule has 0 aliphatic carbocycles. The molecule has 0 N–H and O–H groups in total. The summed E-state index contributed by atoms with van der Waals surface area (Å²) < 4.78 is 5.12. The van der Waals surface area contributed by atoms with Crippen LogP contribution in [-0.4, -0.2) is 11.6 Å². The SMILES string of the molecule is CC(C)(C)c1ccc(C(=O)CC(=O)c2ccc(O[At])cc2)cc1. The van der Waals surface area contributed by atoms with Crippen LogP contribution in [0.1, 0.15) is 53.5 Å². The second kappa shape index (κ2) is 7.36. The summed E-state index contributed by atoms with van der Waals surface area (Å²) in [6, 6.07) is 14.3. The van der Waals surface area contributed by atoms with Crippen molar-refractivity contribution in [3.8, 4) is 5.75 Å². The summed E-state index contributed by atoms with van der Waals surface area (Å²) in [6.07, 6.45) is -0.120. The average Bonchev–Trinajstić information content (AvgIpc) is 2.54. The predicted molar refractivity (Wildman–Crippen MR) is 85.5 cm³/mol. The van der Waals surface area contributed by atoms with E-state index in [1.807, 2.05) is 12.1 Å². The first-order chi connectivity index (χ1) is 10.8. The van der Waals surface area contributed by atoms with Crippen LogP contribution >= 0.6 is 0 Å². The van der Waals surface area contributed by atoms with Gasteiger partial charge >= 0.3 is 127 Å². The molecule has 2 aromatic carbocycles. The second-order valence-corrected chi connectivity index (χ2v) is 7.05. The Labute approximate surface area is 152 Å². The Kier molecular flexibility index (Phi) is 5.70. The minimum absolute atomic E-state index is 0.0433. The average molecular weight is 505 g/mol. The quantitative estimate of drug-likeness (QED) is 0.450. The van der Waals surface area contributed by atoms with Crippen LogP contribution in [0.25, 0.3) is 0 Å². The molecule has 23 heavy (non-hydrogen) atoms. The molecule has 0 atom stereocenters. The summed E-state index contributed by atoms with van der Waals surface area (Å²) in [5.41, 5.74) is 2.30. The van der Waals surface area contributed by atoms with E-state index in [4.69, 9.17) is 2.81 Å². The van der Waals surface area contributed by atoms with E-state index in [-0.39, 0.29) is 23.4 Å². The molecule has 0 fully saturated rings. The third-order valence-corrected chi connectivity index (χ3v) is 4.35. The maximum atomic E-state index is 12.3. The number of ketones is 2. The first-order valence-corrected chi connectivity index (χ1v) is 8.57. The first-order valence-electron chi connectivity index (χ1n) is 7.37. The van der Waals surface area contributed by atoms with Crippen LogP contribution in [0, 0.1) is 25.2 Å². The normalized spacial score (nSPS) is 11.1. The van der Waals surface area contributed by atoms with Gasteiger partial charge in [0.25, 0.3) is 0 Å². The summed E-state index contributed by atoms with van der Waals surface area (Å²) in [4.78, 5) is 24.5. The van der Waals surface area contributed by atoms with Crippen molar-refractivity contribution in [2.24, 2.45) is 0 Å². The van der Waals surface area contributed by atoms with Gasteiger partial charge in [-0.2, -0.15) is 0 Å². The van der Waals surface area contributed by atoms with Crippen LogP contribution < -0.4 is 2.81 Å². The van der Waals surface area contributed by atoms with Crippen molar-refractivity contribution in [1.82, 2.24) is 0 Å². The summed E-state index contributed by atoms with van der Waals surface area (Å²) in [6.45, 7) is 6.37. The van der Waals surface area contributed by atoms with E-state index < -0.39 is 0 Å². The molecule has 0 amide bonds. The molecule has 0 radical (unpaired) electrons. The fourth-order valence-corrected chi connectivity index (χ4v) is 2.60. The Morgan fingerprint density at radius 1 is 0.870 bits per heavy atom. The van der Waals surface area contributed by atoms with Gasteiger partial charge in [-0.1, -0.05) is 20.8 Å².